The highest BCUT2D eigenvalue weighted by Gasteiger charge is 2.48. The van der Waals surface area contributed by atoms with E-state index in [2.05, 4.69) is 0 Å². The molecule has 2 heterocycles. The Labute approximate surface area is 86.6 Å². The molecule has 1 atom stereocenters. The highest BCUT2D eigenvalue weighted by atomic mass is 16.5. The van der Waals surface area contributed by atoms with E-state index in [1.165, 1.54) is 0 Å². The van der Waals surface area contributed by atoms with Crippen molar-refractivity contribution < 1.29 is 19.1 Å². The molecule has 2 rings (SSSR count). The molecule has 0 aliphatic carbocycles. The fourth-order valence-corrected chi connectivity index (χ4v) is 1.99. The number of hydrogen-bond donors (Lipinski definition) is 1. The van der Waals surface area contributed by atoms with Gasteiger partial charge in [0.2, 0.25) is 0 Å². The van der Waals surface area contributed by atoms with Gasteiger partial charge in [-0.15, -0.1) is 0 Å². The third-order valence-electron chi connectivity index (χ3n) is 2.78. The number of carbonyl (C=O) groups is 3. The van der Waals surface area contributed by atoms with Gasteiger partial charge in [0.1, 0.15) is 0 Å². The molecule has 0 spiro atoms. The monoisotopic (exact) mass is 212 g/mol. The molecule has 0 aromatic carbocycles. The van der Waals surface area contributed by atoms with Gasteiger partial charge in [0.15, 0.2) is 0 Å². The summed E-state index contributed by atoms with van der Waals surface area (Å²) in [6.07, 6.45) is 1.45. The zero-order chi connectivity index (χ0) is 11.1. The lowest BCUT2D eigenvalue weighted by Gasteiger charge is -2.38. The van der Waals surface area contributed by atoms with Crippen LogP contribution in [0.25, 0.3) is 0 Å². The summed E-state index contributed by atoms with van der Waals surface area (Å²) in [4.78, 5) is 34.9. The van der Waals surface area contributed by atoms with Crippen LogP contribution in [-0.4, -0.2) is 41.5 Å². The van der Waals surface area contributed by atoms with Crippen LogP contribution in [0.3, 0.4) is 0 Å². The third kappa shape index (κ3) is 1.50. The quantitative estimate of drug-likeness (QED) is 0.475. The van der Waals surface area contributed by atoms with E-state index in [4.69, 9.17) is 4.74 Å². The molecule has 4 amide bonds. The Kier molecular flexibility index (Phi) is 2.22. The van der Waals surface area contributed by atoms with E-state index < -0.39 is 23.4 Å². The van der Waals surface area contributed by atoms with Crippen LogP contribution in [0, 0.1) is 0 Å². The Balaban J connectivity index is 2.25. The summed E-state index contributed by atoms with van der Waals surface area (Å²) < 4.78 is 5.24. The predicted molar refractivity (Wildman–Crippen MR) is 48.8 cm³/mol. The number of imide groups is 2. The van der Waals surface area contributed by atoms with E-state index in [0.717, 1.165) is 11.3 Å². The molecule has 2 fully saturated rings. The average Bonchev–Trinajstić information content (AvgIpc) is 2.42. The molecule has 0 aromatic rings. The van der Waals surface area contributed by atoms with Gasteiger partial charge in [0, 0.05) is 6.61 Å². The van der Waals surface area contributed by atoms with Crippen LogP contribution in [-0.2, 0) is 14.3 Å². The van der Waals surface area contributed by atoms with Crippen LogP contribution in [0.4, 0.5) is 4.79 Å². The van der Waals surface area contributed by atoms with Crippen LogP contribution in [0.5, 0.6) is 0 Å². The summed E-state index contributed by atoms with van der Waals surface area (Å²) >= 11 is 0. The first-order valence-electron chi connectivity index (χ1n) is 4.82. The van der Waals surface area contributed by atoms with E-state index in [-0.39, 0.29) is 0 Å². The Morgan fingerprint density at radius 3 is 2.60 bits per heavy atom. The second kappa shape index (κ2) is 3.30. The Hall–Kier alpha value is -1.43. The van der Waals surface area contributed by atoms with Crippen molar-refractivity contribution in [1.29, 1.82) is 0 Å². The van der Waals surface area contributed by atoms with Crippen molar-refractivity contribution in [3.05, 3.63) is 0 Å². The lowest BCUT2D eigenvalue weighted by Crippen LogP contribution is -2.54. The largest absolute Gasteiger partial charge is 0.379 e. The molecular weight excluding hydrogens is 200 g/mol. The third-order valence-corrected chi connectivity index (χ3v) is 2.78. The molecule has 6 nitrogen and oxygen atoms in total. The van der Waals surface area contributed by atoms with Gasteiger partial charge in [0.05, 0.1) is 12.1 Å². The van der Waals surface area contributed by atoms with Crippen LogP contribution in [0.15, 0.2) is 0 Å². The van der Waals surface area contributed by atoms with E-state index in [0.29, 0.717) is 19.6 Å². The van der Waals surface area contributed by atoms with E-state index in [1.807, 2.05) is 5.32 Å². The first-order valence-corrected chi connectivity index (χ1v) is 4.82. The molecule has 15 heavy (non-hydrogen) atoms. The van der Waals surface area contributed by atoms with Gasteiger partial charge in [-0.1, -0.05) is 0 Å². The van der Waals surface area contributed by atoms with Crippen molar-refractivity contribution in [2.24, 2.45) is 0 Å². The number of nitrogens with zero attached hydrogens (tertiary/aromatic N) is 1. The highest BCUT2D eigenvalue weighted by Crippen LogP contribution is 2.27. The fraction of sp³-hybridized carbons (Fsp3) is 0.667. The van der Waals surface area contributed by atoms with E-state index in [9.17, 15) is 14.4 Å². The Bertz CT molecular complexity index is 333. The van der Waals surface area contributed by atoms with Gasteiger partial charge < -0.3 is 4.74 Å². The van der Waals surface area contributed by atoms with E-state index in [1.54, 1.807) is 6.92 Å². The van der Waals surface area contributed by atoms with Crippen molar-refractivity contribution >= 4 is 17.8 Å². The van der Waals surface area contributed by atoms with E-state index >= 15 is 0 Å². The summed E-state index contributed by atoms with van der Waals surface area (Å²) in [7, 11) is 0. The molecule has 0 aromatic heterocycles. The number of carbonyl (C=O) groups excluding carboxylic acids is 3. The fourth-order valence-electron chi connectivity index (χ4n) is 1.99. The zero-order valence-electron chi connectivity index (χ0n) is 8.41. The van der Waals surface area contributed by atoms with Crippen molar-refractivity contribution in [3.8, 4) is 0 Å². The Morgan fingerprint density at radius 2 is 2.13 bits per heavy atom. The highest BCUT2D eigenvalue weighted by molar-refractivity contribution is 6.45. The first-order chi connectivity index (χ1) is 7.04. The van der Waals surface area contributed by atoms with Gasteiger partial charge in [-0.25, -0.2) is 9.69 Å². The normalized spacial score (nSPS) is 32.1. The van der Waals surface area contributed by atoms with Crippen LogP contribution in [0.1, 0.15) is 19.8 Å². The molecule has 1 unspecified atom stereocenters. The second-order valence-corrected chi connectivity index (χ2v) is 4.05. The number of hydrogen-bond acceptors (Lipinski definition) is 4. The number of amides is 4. The zero-order valence-corrected chi connectivity index (χ0v) is 8.41. The van der Waals surface area contributed by atoms with Gasteiger partial charge in [0.25, 0.3) is 0 Å². The maximum atomic E-state index is 11.5. The summed E-state index contributed by atoms with van der Waals surface area (Å²) in [6.45, 7) is 2.68. The van der Waals surface area contributed by atoms with Crippen LogP contribution >= 0.6 is 0 Å². The van der Waals surface area contributed by atoms with Crippen molar-refractivity contribution in [3.63, 3.8) is 0 Å². The summed E-state index contributed by atoms with van der Waals surface area (Å²) in [6, 6.07) is -0.641. The minimum Gasteiger partial charge on any atom is -0.379 e. The van der Waals surface area contributed by atoms with Gasteiger partial charge in [-0.2, -0.15) is 0 Å². The molecule has 0 saturated carbocycles. The topological polar surface area (TPSA) is 75.7 Å². The molecule has 82 valence electrons. The molecular formula is C9H12N2O4. The number of ether oxygens (including phenoxy) is 1. The van der Waals surface area contributed by atoms with Crippen molar-refractivity contribution in [2.45, 2.75) is 25.3 Å². The molecule has 2 aliphatic rings. The maximum Gasteiger partial charge on any atom is 0.332 e. The molecule has 1 N–H and O–H groups in total. The molecule has 2 saturated heterocycles. The summed E-state index contributed by atoms with van der Waals surface area (Å²) in [5, 5.41) is 1.98. The van der Waals surface area contributed by atoms with Gasteiger partial charge in [-0.05, 0) is 19.8 Å². The molecule has 0 bridgehead atoms. The van der Waals surface area contributed by atoms with Gasteiger partial charge >= 0.3 is 17.8 Å². The number of nitrogens with one attached hydrogen (secondary N) is 1. The van der Waals surface area contributed by atoms with Crippen LogP contribution < -0.4 is 5.32 Å². The number of rotatable bonds is 1. The lowest BCUT2D eigenvalue weighted by atomic mass is 9.93. The smallest absolute Gasteiger partial charge is 0.332 e. The molecule has 2 aliphatic heterocycles. The van der Waals surface area contributed by atoms with Crippen molar-refractivity contribution in [1.82, 2.24) is 10.2 Å². The first kappa shape index (κ1) is 10.1. The Morgan fingerprint density at radius 1 is 1.40 bits per heavy atom. The lowest BCUT2D eigenvalue weighted by molar-refractivity contribution is -0.145. The standard InChI is InChI=1S/C9H12N2O4/c1-9(3-2-4-15-5-9)11-7(13)6(12)10-8(11)14/h2-5H2,1H3,(H,10,12,14). The summed E-state index contributed by atoms with van der Waals surface area (Å²) in [5.74, 6) is -1.64. The minimum absolute atomic E-state index is 0.291. The van der Waals surface area contributed by atoms with Crippen molar-refractivity contribution in [2.75, 3.05) is 13.2 Å². The maximum absolute atomic E-state index is 11.5. The SMILES string of the molecule is CC1(N2C(=O)NC(=O)C2=O)CCCOC1. The molecule has 0 radical (unpaired) electrons. The number of urea groups is 1. The second-order valence-electron chi connectivity index (χ2n) is 4.05. The summed E-state index contributed by atoms with van der Waals surface area (Å²) in [5.41, 5.74) is -0.689. The van der Waals surface area contributed by atoms with Gasteiger partial charge in [-0.3, -0.25) is 14.9 Å². The average molecular weight is 212 g/mol. The molecule has 6 heteroatoms. The minimum atomic E-state index is -0.855. The predicted octanol–water partition coefficient (Wildman–Crippen LogP) is -0.366. The van der Waals surface area contributed by atoms with Crippen LogP contribution in [0.2, 0.25) is 0 Å².